The molecule has 0 saturated heterocycles. The van der Waals surface area contributed by atoms with E-state index < -0.39 is 0 Å². The second-order valence-corrected chi connectivity index (χ2v) is 6.51. The highest BCUT2D eigenvalue weighted by Gasteiger charge is 2.16. The molecule has 2 amide bonds. The number of nitrogens with zero attached hydrogens (tertiary/aromatic N) is 6. The minimum absolute atomic E-state index is 0.0535. The second-order valence-electron chi connectivity index (χ2n) is 6.51. The van der Waals surface area contributed by atoms with Crippen LogP contribution in [0.3, 0.4) is 0 Å². The summed E-state index contributed by atoms with van der Waals surface area (Å²) in [5.74, 6) is 0.838. The highest BCUT2D eigenvalue weighted by Crippen LogP contribution is 2.15. The third kappa shape index (κ3) is 4.49. The molecule has 0 aliphatic carbocycles. The van der Waals surface area contributed by atoms with E-state index in [1.807, 2.05) is 31.5 Å². The maximum absolute atomic E-state index is 12.3. The van der Waals surface area contributed by atoms with Gasteiger partial charge in [0.15, 0.2) is 0 Å². The molecule has 9 nitrogen and oxygen atoms in total. The van der Waals surface area contributed by atoms with Gasteiger partial charge in [-0.05, 0) is 39.0 Å². The van der Waals surface area contributed by atoms with E-state index in [9.17, 15) is 4.79 Å². The molecule has 0 aliphatic heterocycles. The molecule has 1 N–H and O–H groups in total. The van der Waals surface area contributed by atoms with E-state index in [1.165, 1.54) is 4.90 Å². The Labute approximate surface area is 157 Å². The summed E-state index contributed by atoms with van der Waals surface area (Å²) in [6, 6.07) is 5.45. The minimum atomic E-state index is -0.216. The number of carbonyl (C=O) groups excluding carboxylic acids is 1. The van der Waals surface area contributed by atoms with Gasteiger partial charge in [0.25, 0.3) is 0 Å². The summed E-state index contributed by atoms with van der Waals surface area (Å²) in [5, 5.41) is 11.3. The van der Waals surface area contributed by atoms with E-state index in [-0.39, 0.29) is 18.6 Å². The Hall–Kier alpha value is -3.23. The molecule has 0 bridgehead atoms. The zero-order chi connectivity index (χ0) is 19.4. The van der Waals surface area contributed by atoms with Crippen molar-refractivity contribution in [2.24, 2.45) is 0 Å². The Balaban J connectivity index is 1.53. The number of carbonyl (C=O) groups is 1. The van der Waals surface area contributed by atoms with Gasteiger partial charge in [0.05, 0.1) is 11.7 Å². The van der Waals surface area contributed by atoms with Gasteiger partial charge >= 0.3 is 6.03 Å². The van der Waals surface area contributed by atoms with Gasteiger partial charge < -0.3 is 14.7 Å². The van der Waals surface area contributed by atoms with Gasteiger partial charge in [-0.15, -0.1) is 0 Å². The van der Waals surface area contributed by atoms with Crippen LogP contribution in [0.1, 0.15) is 30.2 Å². The van der Waals surface area contributed by atoms with Crippen LogP contribution in [0.5, 0.6) is 0 Å². The Kier molecular flexibility index (Phi) is 5.49. The van der Waals surface area contributed by atoms with Crippen molar-refractivity contribution < 1.29 is 9.32 Å². The van der Waals surface area contributed by atoms with Crippen molar-refractivity contribution in [1.82, 2.24) is 35.1 Å². The molecule has 0 fully saturated rings. The smallest absolute Gasteiger partial charge is 0.317 e. The molecule has 27 heavy (non-hydrogen) atoms. The molecule has 0 saturated carbocycles. The Morgan fingerprint density at radius 3 is 2.74 bits per heavy atom. The number of amides is 2. The summed E-state index contributed by atoms with van der Waals surface area (Å²) in [6.45, 7) is 6.65. The fraction of sp³-hybridized carbons (Fsp3) is 0.389. The van der Waals surface area contributed by atoms with Crippen molar-refractivity contribution in [3.05, 3.63) is 47.9 Å². The number of nitrogens with one attached hydrogen (secondary N) is 1. The summed E-state index contributed by atoms with van der Waals surface area (Å²) in [4.78, 5) is 22.1. The van der Waals surface area contributed by atoms with E-state index in [1.54, 1.807) is 31.6 Å². The first-order valence-corrected chi connectivity index (χ1v) is 8.68. The molecule has 0 unspecified atom stereocenters. The van der Waals surface area contributed by atoms with Crippen LogP contribution in [0.15, 0.2) is 35.1 Å². The summed E-state index contributed by atoms with van der Waals surface area (Å²) >= 11 is 0. The number of hydrogen-bond donors (Lipinski definition) is 1. The number of pyridine rings is 1. The molecule has 0 spiro atoms. The SMILES string of the molecule is Cc1cc(C)n([C@@H](C)CNC(=O)N(C)Cc2nc(-c3ccncc3)no2)n1. The van der Waals surface area contributed by atoms with Crippen molar-refractivity contribution in [3.8, 4) is 11.4 Å². The Bertz CT molecular complexity index is 904. The molecule has 3 aromatic heterocycles. The predicted octanol–water partition coefficient (Wildman–Crippen LogP) is 2.35. The molecule has 9 heteroatoms. The largest absolute Gasteiger partial charge is 0.337 e. The zero-order valence-corrected chi connectivity index (χ0v) is 15.9. The third-order valence-corrected chi connectivity index (χ3v) is 4.14. The van der Waals surface area contributed by atoms with Crippen LogP contribution >= 0.6 is 0 Å². The van der Waals surface area contributed by atoms with Crippen LogP contribution in [0, 0.1) is 13.8 Å². The first kappa shape index (κ1) is 18.6. The molecular formula is C18H23N7O2. The first-order chi connectivity index (χ1) is 12.9. The van der Waals surface area contributed by atoms with Crippen molar-refractivity contribution >= 4 is 6.03 Å². The van der Waals surface area contributed by atoms with Crippen LogP contribution in [-0.2, 0) is 6.54 Å². The van der Waals surface area contributed by atoms with E-state index >= 15 is 0 Å². The van der Waals surface area contributed by atoms with E-state index in [2.05, 4.69) is 25.5 Å². The predicted molar refractivity (Wildman–Crippen MR) is 98.8 cm³/mol. The average molecular weight is 369 g/mol. The molecule has 0 aliphatic rings. The first-order valence-electron chi connectivity index (χ1n) is 8.68. The fourth-order valence-corrected chi connectivity index (χ4v) is 2.76. The molecule has 142 valence electrons. The number of aromatic nitrogens is 5. The summed E-state index contributed by atoms with van der Waals surface area (Å²) in [7, 11) is 1.68. The molecule has 1 atom stereocenters. The van der Waals surface area contributed by atoms with Gasteiger partial charge in [-0.25, -0.2) is 4.79 Å². The standard InChI is InChI=1S/C18H23N7O2/c1-12-9-13(2)25(22-12)14(3)10-20-18(26)24(4)11-16-21-17(23-27-16)15-5-7-19-8-6-15/h5-9,14H,10-11H2,1-4H3,(H,20,26)/t14-/m0/s1. The lowest BCUT2D eigenvalue weighted by Gasteiger charge is -2.19. The topological polar surface area (TPSA) is 102 Å². The van der Waals surface area contributed by atoms with Crippen molar-refractivity contribution in [2.45, 2.75) is 33.4 Å². The fourth-order valence-electron chi connectivity index (χ4n) is 2.76. The quantitative estimate of drug-likeness (QED) is 0.715. The summed E-state index contributed by atoms with van der Waals surface area (Å²) < 4.78 is 7.15. The minimum Gasteiger partial charge on any atom is -0.337 e. The Morgan fingerprint density at radius 2 is 2.07 bits per heavy atom. The normalized spacial score (nSPS) is 12.0. The van der Waals surface area contributed by atoms with Gasteiger partial charge in [0, 0.05) is 37.2 Å². The van der Waals surface area contributed by atoms with Crippen LogP contribution in [0.4, 0.5) is 4.79 Å². The summed E-state index contributed by atoms with van der Waals surface area (Å²) in [6.07, 6.45) is 3.32. The molecule has 0 radical (unpaired) electrons. The maximum Gasteiger partial charge on any atom is 0.317 e. The lowest BCUT2D eigenvalue weighted by Crippen LogP contribution is -2.39. The highest BCUT2D eigenvalue weighted by molar-refractivity contribution is 5.73. The van der Waals surface area contributed by atoms with Crippen molar-refractivity contribution in [1.29, 1.82) is 0 Å². The van der Waals surface area contributed by atoms with Crippen LogP contribution in [-0.4, -0.2) is 49.4 Å². The summed E-state index contributed by atoms with van der Waals surface area (Å²) in [5.41, 5.74) is 2.84. The molecule has 0 aromatic carbocycles. The van der Waals surface area contributed by atoms with Crippen LogP contribution in [0.2, 0.25) is 0 Å². The van der Waals surface area contributed by atoms with E-state index in [4.69, 9.17) is 4.52 Å². The molecular weight excluding hydrogens is 346 g/mol. The van der Waals surface area contributed by atoms with Gasteiger partial charge in [-0.2, -0.15) is 10.1 Å². The average Bonchev–Trinajstić information content (AvgIpc) is 3.26. The van der Waals surface area contributed by atoms with Gasteiger partial charge in [0.2, 0.25) is 11.7 Å². The maximum atomic E-state index is 12.3. The van der Waals surface area contributed by atoms with Crippen LogP contribution < -0.4 is 5.32 Å². The number of hydrogen-bond acceptors (Lipinski definition) is 6. The molecule has 3 rings (SSSR count). The Morgan fingerprint density at radius 1 is 1.33 bits per heavy atom. The highest BCUT2D eigenvalue weighted by atomic mass is 16.5. The van der Waals surface area contributed by atoms with Gasteiger partial charge in [-0.3, -0.25) is 9.67 Å². The molecule has 3 heterocycles. The number of rotatable bonds is 6. The van der Waals surface area contributed by atoms with E-state index in [0.717, 1.165) is 17.0 Å². The number of urea groups is 1. The number of aryl methyl sites for hydroxylation is 2. The second kappa shape index (κ2) is 7.98. The van der Waals surface area contributed by atoms with Crippen LogP contribution in [0.25, 0.3) is 11.4 Å². The van der Waals surface area contributed by atoms with E-state index in [0.29, 0.717) is 18.3 Å². The van der Waals surface area contributed by atoms with Gasteiger partial charge in [-0.1, -0.05) is 5.16 Å². The zero-order valence-electron chi connectivity index (χ0n) is 15.9. The van der Waals surface area contributed by atoms with Crippen molar-refractivity contribution in [3.63, 3.8) is 0 Å². The van der Waals surface area contributed by atoms with Crippen molar-refractivity contribution in [2.75, 3.05) is 13.6 Å². The lowest BCUT2D eigenvalue weighted by molar-refractivity contribution is 0.197. The van der Waals surface area contributed by atoms with Gasteiger partial charge in [0.1, 0.15) is 6.54 Å². The third-order valence-electron chi connectivity index (χ3n) is 4.14. The molecule has 3 aromatic rings. The lowest BCUT2D eigenvalue weighted by atomic mass is 10.2. The monoisotopic (exact) mass is 369 g/mol.